The molecule has 2 unspecified atom stereocenters. The number of benzene rings is 2. The number of nitrogens with one attached hydrogen (secondary N) is 1. The van der Waals surface area contributed by atoms with E-state index in [-0.39, 0.29) is 27.6 Å². The summed E-state index contributed by atoms with van der Waals surface area (Å²) in [5.74, 6) is -3.67. The molecule has 1 N–H and O–H groups in total. The van der Waals surface area contributed by atoms with Crippen LogP contribution < -0.4 is 5.43 Å². The topological polar surface area (TPSA) is 90.3 Å². The van der Waals surface area contributed by atoms with E-state index in [0.717, 1.165) is 34.0 Å². The number of rotatable bonds is 2. The molecule has 1 fully saturated rings. The van der Waals surface area contributed by atoms with E-state index in [4.69, 9.17) is 0 Å². The van der Waals surface area contributed by atoms with E-state index >= 15 is 0 Å². The molecule has 1 heterocycles. The molecule has 8 heteroatoms. The van der Waals surface area contributed by atoms with Crippen LogP contribution >= 0.6 is 24.4 Å². The van der Waals surface area contributed by atoms with Crippen LogP contribution in [0.5, 0.6) is 0 Å². The van der Waals surface area contributed by atoms with Crippen LogP contribution in [0.15, 0.2) is 58.3 Å². The van der Waals surface area contributed by atoms with E-state index in [1.165, 1.54) is 0 Å². The largest absolute Gasteiger partial charge is 0.291 e. The first kappa shape index (κ1) is 19.9. The first-order valence-corrected chi connectivity index (χ1v) is 11.4. The highest BCUT2D eigenvalue weighted by molar-refractivity contribution is 8.15. The number of amides is 3. The predicted molar refractivity (Wildman–Crippen MR) is 119 cm³/mol. The van der Waals surface area contributed by atoms with Gasteiger partial charge >= 0.3 is 0 Å². The number of carbonyl (C=O) groups is 3. The molecular formula is C23H17N3O3S2. The summed E-state index contributed by atoms with van der Waals surface area (Å²) in [6.07, 6.45) is 1.67. The summed E-state index contributed by atoms with van der Waals surface area (Å²) in [6.45, 7) is 0. The van der Waals surface area contributed by atoms with Crippen molar-refractivity contribution in [2.75, 3.05) is 6.26 Å². The smallest absolute Gasteiger partial charge is 0.273 e. The number of hydrogen-bond acceptors (Lipinski definition) is 6. The maximum atomic E-state index is 13.6. The van der Waals surface area contributed by atoms with Crippen LogP contribution in [0.1, 0.15) is 34.1 Å². The van der Waals surface area contributed by atoms with E-state index in [1.54, 1.807) is 6.26 Å². The monoisotopic (exact) mass is 447 g/mol. The van der Waals surface area contributed by atoms with Crippen molar-refractivity contribution in [3.05, 3.63) is 80.6 Å². The third-order valence-electron chi connectivity index (χ3n) is 6.40. The standard InChI is InChI=1S/C23H17N3O3S2/c1-31-23(30)15(10-24)21(28)26-22(29)19-17-13-8-4-2-6-11(13)16(18(19)20(27)25-26)12-7-3-5-9-14(12)17/h2-9,16-19,30H,1H3,(H,25,27)/b23-15+. The second-order valence-corrected chi connectivity index (χ2v) is 9.28. The number of imide groups is 1. The number of hydrogen-bond donors (Lipinski definition) is 2. The molecule has 2 bridgehead atoms. The Bertz CT molecular complexity index is 1190. The summed E-state index contributed by atoms with van der Waals surface area (Å²) < 4.78 is 0.192. The van der Waals surface area contributed by atoms with Crippen molar-refractivity contribution in [2.24, 2.45) is 11.8 Å². The average Bonchev–Trinajstić information content (AvgIpc) is 2.81. The molecule has 4 aliphatic rings. The van der Waals surface area contributed by atoms with E-state index in [0.29, 0.717) is 5.01 Å². The number of nitrogens with zero attached hydrogens (tertiary/aromatic N) is 2. The van der Waals surface area contributed by atoms with E-state index in [9.17, 15) is 19.6 Å². The summed E-state index contributed by atoms with van der Waals surface area (Å²) in [5.41, 5.74) is 6.32. The van der Waals surface area contributed by atoms with Gasteiger partial charge in [0.25, 0.3) is 11.8 Å². The van der Waals surface area contributed by atoms with Crippen LogP contribution in [0, 0.1) is 23.2 Å². The third-order valence-corrected chi connectivity index (χ3v) is 7.77. The second-order valence-electron chi connectivity index (χ2n) is 7.72. The summed E-state index contributed by atoms with van der Waals surface area (Å²) in [4.78, 5) is 39.9. The predicted octanol–water partition coefficient (Wildman–Crippen LogP) is 2.94. The molecule has 0 saturated carbocycles. The zero-order valence-electron chi connectivity index (χ0n) is 16.4. The van der Waals surface area contributed by atoms with Gasteiger partial charge in [-0.2, -0.15) is 10.3 Å². The van der Waals surface area contributed by atoms with Gasteiger partial charge in [-0.25, -0.2) is 0 Å². The van der Waals surface area contributed by atoms with Crippen molar-refractivity contribution in [3.8, 4) is 6.07 Å². The van der Waals surface area contributed by atoms with Crippen LogP contribution in [0.2, 0.25) is 0 Å². The zero-order valence-corrected chi connectivity index (χ0v) is 18.1. The number of carbonyl (C=O) groups excluding carboxylic acids is 3. The highest BCUT2D eigenvalue weighted by Gasteiger charge is 2.59. The summed E-state index contributed by atoms with van der Waals surface area (Å²) in [6, 6.07) is 17.5. The molecule has 0 radical (unpaired) electrons. The Morgan fingerprint density at radius 3 is 1.94 bits per heavy atom. The van der Waals surface area contributed by atoms with Crippen LogP contribution in [0.3, 0.4) is 0 Å². The average molecular weight is 448 g/mol. The molecule has 2 aromatic rings. The van der Waals surface area contributed by atoms with Crippen LogP contribution in [0.4, 0.5) is 0 Å². The van der Waals surface area contributed by atoms with Crippen molar-refractivity contribution in [2.45, 2.75) is 11.8 Å². The van der Waals surface area contributed by atoms with Gasteiger partial charge < -0.3 is 0 Å². The van der Waals surface area contributed by atoms with Gasteiger partial charge in [0.2, 0.25) is 5.91 Å². The Labute approximate surface area is 188 Å². The number of thiol groups is 1. The normalized spacial score (nSPS) is 26.2. The van der Waals surface area contributed by atoms with Gasteiger partial charge in [0.05, 0.1) is 16.1 Å². The summed E-state index contributed by atoms with van der Waals surface area (Å²) in [5, 5.41) is 10.1. The molecule has 0 spiro atoms. The van der Waals surface area contributed by atoms with Gasteiger partial charge in [-0.1, -0.05) is 48.5 Å². The van der Waals surface area contributed by atoms with Gasteiger partial charge in [0, 0.05) is 11.8 Å². The lowest BCUT2D eigenvalue weighted by molar-refractivity contribution is -0.165. The van der Waals surface area contributed by atoms with Crippen LogP contribution in [0.25, 0.3) is 0 Å². The molecule has 31 heavy (non-hydrogen) atoms. The fourth-order valence-corrected chi connectivity index (χ4v) is 5.71. The molecule has 1 aliphatic heterocycles. The highest BCUT2D eigenvalue weighted by Crippen LogP contribution is 2.59. The first-order valence-electron chi connectivity index (χ1n) is 9.73. The molecule has 2 atom stereocenters. The van der Waals surface area contributed by atoms with Gasteiger partial charge in [-0.15, -0.1) is 24.4 Å². The minimum absolute atomic E-state index is 0.192. The summed E-state index contributed by atoms with van der Waals surface area (Å²) >= 11 is 5.29. The fourth-order valence-electron chi connectivity index (χ4n) is 5.23. The lowest BCUT2D eigenvalue weighted by atomic mass is 9.53. The zero-order chi connectivity index (χ0) is 21.9. The highest BCUT2D eigenvalue weighted by atomic mass is 32.2. The van der Waals surface area contributed by atoms with Gasteiger partial charge in [-0.05, 0) is 28.5 Å². The Balaban J connectivity index is 1.66. The Morgan fingerprint density at radius 2 is 1.48 bits per heavy atom. The minimum Gasteiger partial charge on any atom is -0.273 e. The van der Waals surface area contributed by atoms with Gasteiger partial charge in [-0.3, -0.25) is 19.8 Å². The molecule has 3 amide bonds. The molecule has 2 aromatic carbocycles. The quantitative estimate of drug-likeness (QED) is 0.420. The summed E-state index contributed by atoms with van der Waals surface area (Å²) in [7, 11) is 0. The van der Waals surface area contributed by atoms with E-state index in [2.05, 4.69) is 18.1 Å². The molecular weight excluding hydrogens is 430 g/mol. The van der Waals surface area contributed by atoms with Crippen molar-refractivity contribution in [3.63, 3.8) is 0 Å². The maximum Gasteiger partial charge on any atom is 0.291 e. The minimum atomic E-state index is -0.860. The SMILES string of the molecule is CS/C(S)=C(\C#N)C(=O)N1NC(=O)C2C3c4ccccc4C(c4ccccc43)C2C1=O. The van der Waals surface area contributed by atoms with Crippen LogP contribution in [-0.2, 0) is 14.4 Å². The van der Waals surface area contributed by atoms with Gasteiger partial charge in [0.1, 0.15) is 11.6 Å². The first-order chi connectivity index (χ1) is 15.0. The van der Waals surface area contributed by atoms with Gasteiger partial charge in [0.15, 0.2) is 0 Å². The Morgan fingerprint density at radius 1 is 1.00 bits per heavy atom. The maximum absolute atomic E-state index is 13.6. The van der Waals surface area contributed by atoms with E-state index < -0.39 is 23.7 Å². The number of nitriles is 1. The lowest BCUT2D eigenvalue weighted by Crippen LogP contribution is -2.65. The van der Waals surface area contributed by atoms with Crippen molar-refractivity contribution >= 4 is 42.1 Å². The number of hydrazine groups is 1. The van der Waals surface area contributed by atoms with Crippen molar-refractivity contribution < 1.29 is 14.4 Å². The molecule has 0 aromatic heterocycles. The Kier molecular flexibility index (Phi) is 4.68. The molecule has 6 nitrogen and oxygen atoms in total. The van der Waals surface area contributed by atoms with E-state index in [1.807, 2.05) is 54.6 Å². The lowest BCUT2D eigenvalue weighted by Gasteiger charge is -2.52. The second kappa shape index (κ2) is 7.29. The number of thioether (sulfide) groups is 1. The Hall–Kier alpha value is -3.02. The molecule has 154 valence electrons. The molecule has 6 rings (SSSR count). The van der Waals surface area contributed by atoms with Crippen molar-refractivity contribution in [1.29, 1.82) is 5.26 Å². The molecule has 1 saturated heterocycles. The molecule has 3 aliphatic carbocycles. The third kappa shape index (κ3) is 2.70. The van der Waals surface area contributed by atoms with Crippen molar-refractivity contribution in [1.82, 2.24) is 10.4 Å². The fraction of sp³-hybridized carbons (Fsp3) is 0.217. The van der Waals surface area contributed by atoms with Crippen LogP contribution in [-0.4, -0.2) is 29.0 Å².